The maximum atomic E-state index is 5.36. The van der Waals surface area contributed by atoms with Crippen molar-refractivity contribution in [1.29, 1.82) is 0 Å². The Labute approximate surface area is 99.5 Å². The summed E-state index contributed by atoms with van der Waals surface area (Å²) >= 11 is 0. The summed E-state index contributed by atoms with van der Waals surface area (Å²) < 4.78 is 5.36. The first-order valence-electron chi connectivity index (χ1n) is 6.84. The third-order valence-corrected chi connectivity index (χ3v) is 4.09. The normalized spacial score (nSPS) is 33.2. The lowest BCUT2D eigenvalue weighted by Gasteiger charge is -2.36. The first-order chi connectivity index (χ1) is 7.75. The van der Waals surface area contributed by atoms with Gasteiger partial charge in [0.05, 0.1) is 13.2 Å². The van der Waals surface area contributed by atoms with Crippen molar-refractivity contribution in [3.63, 3.8) is 0 Å². The molecule has 1 saturated carbocycles. The van der Waals surface area contributed by atoms with Crippen LogP contribution in [0.4, 0.5) is 0 Å². The molecule has 2 rings (SSSR count). The fraction of sp³-hybridized carbons (Fsp3) is 1.00. The van der Waals surface area contributed by atoms with E-state index >= 15 is 0 Å². The molecule has 0 aromatic carbocycles. The van der Waals surface area contributed by atoms with Gasteiger partial charge in [-0.3, -0.25) is 5.43 Å². The Bertz CT molecular complexity index is 194. The quantitative estimate of drug-likeness (QED) is 0.797. The monoisotopic (exact) mass is 226 g/mol. The maximum absolute atomic E-state index is 5.36. The molecule has 94 valence electrons. The van der Waals surface area contributed by atoms with E-state index in [1.54, 1.807) is 0 Å². The fourth-order valence-electron chi connectivity index (χ4n) is 2.87. The number of hydrogen-bond acceptors (Lipinski definition) is 3. The first kappa shape index (κ1) is 12.3. The van der Waals surface area contributed by atoms with E-state index in [-0.39, 0.29) is 0 Å². The Balaban J connectivity index is 1.68. The van der Waals surface area contributed by atoms with Crippen LogP contribution in [0.5, 0.6) is 0 Å². The summed E-state index contributed by atoms with van der Waals surface area (Å²) in [7, 11) is 0. The van der Waals surface area contributed by atoms with E-state index in [4.69, 9.17) is 4.74 Å². The van der Waals surface area contributed by atoms with Gasteiger partial charge in [0.15, 0.2) is 0 Å². The number of morpholine rings is 1. The Hall–Kier alpha value is -0.120. The molecular formula is C13H26N2O. The molecule has 2 fully saturated rings. The highest BCUT2D eigenvalue weighted by molar-refractivity contribution is 4.78. The second kappa shape index (κ2) is 5.99. The zero-order chi connectivity index (χ0) is 11.4. The third kappa shape index (κ3) is 3.44. The van der Waals surface area contributed by atoms with Crippen molar-refractivity contribution in [2.75, 3.05) is 26.3 Å². The Morgan fingerprint density at radius 1 is 1.06 bits per heavy atom. The number of nitrogens with one attached hydrogen (secondary N) is 1. The van der Waals surface area contributed by atoms with Gasteiger partial charge in [-0.05, 0) is 37.5 Å². The first-order valence-corrected chi connectivity index (χ1v) is 6.84. The molecule has 1 N–H and O–H groups in total. The van der Waals surface area contributed by atoms with E-state index in [0.29, 0.717) is 6.04 Å². The van der Waals surface area contributed by atoms with Gasteiger partial charge in [0.25, 0.3) is 0 Å². The van der Waals surface area contributed by atoms with Crippen LogP contribution in [0, 0.1) is 11.8 Å². The van der Waals surface area contributed by atoms with Crippen LogP contribution in [0.3, 0.4) is 0 Å². The lowest BCUT2D eigenvalue weighted by molar-refractivity contribution is -0.00184. The molecule has 3 nitrogen and oxygen atoms in total. The van der Waals surface area contributed by atoms with Gasteiger partial charge in [-0.25, -0.2) is 5.01 Å². The van der Waals surface area contributed by atoms with Crippen LogP contribution in [0.25, 0.3) is 0 Å². The molecule has 1 saturated heterocycles. The second-order valence-electron chi connectivity index (χ2n) is 5.58. The second-order valence-corrected chi connectivity index (χ2v) is 5.58. The minimum atomic E-state index is 0.716. The summed E-state index contributed by atoms with van der Waals surface area (Å²) in [6.07, 6.45) is 5.50. The summed E-state index contributed by atoms with van der Waals surface area (Å²) in [5.41, 5.74) is 3.67. The van der Waals surface area contributed by atoms with Crippen molar-refractivity contribution in [3.8, 4) is 0 Å². The van der Waals surface area contributed by atoms with Gasteiger partial charge < -0.3 is 4.74 Å². The predicted molar refractivity (Wildman–Crippen MR) is 66.1 cm³/mol. The molecule has 0 amide bonds. The van der Waals surface area contributed by atoms with E-state index in [2.05, 4.69) is 24.3 Å². The predicted octanol–water partition coefficient (Wildman–Crippen LogP) is 2.04. The highest BCUT2D eigenvalue weighted by Gasteiger charge is 2.24. The molecule has 3 heteroatoms. The molecule has 0 radical (unpaired) electrons. The molecule has 0 bridgehead atoms. The number of ether oxygens (including phenoxy) is 1. The van der Waals surface area contributed by atoms with E-state index < -0.39 is 0 Å². The van der Waals surface area contributed by atoms with Gasteiger partial charge in [0.1, 0.15) is 0 Å². The number of nitrogens with zero attached hydrogens (tertiary/aromatic N) is 1. The zero-order valence-electron chi connectivity index (χ0n) is 10.7. The van der Waals surface area contributed by atoms with Crippen molar-refractivity contribution in [1.82, 2.24) is 10.4 Å². The molecule has 1 heterocycles. The van der Waals surface area contributed by atoms with Crippen molar-refractivity contribution >= 4 is 0 Å². The summed E-state index contributed by atoms with van der Waals surface area (Å²) in [5, 5.41) is 2.35. The topological polar surface area (TPSA) is 24.5 Å². The highest BCUT2D eigenvalue weighted by atomic mass is 16.5. The standard InChI is InChI=1S/C13H26N2O/c1-11(2)12-3-5-13(6-4-12)14-15-7-9-16-10-8-15/h11-14H,3-10H2,1-2H3. The van der Waals surface area contributed by atoms with Crippen LogP contribution in [0.1, 0.15) is 39.5 Å². The van der Waals surface area contributed by atoms with Crippen molar-refractivity contribution in [2.24, 2.45) is 11.8 Å². The zero-order valence-corrected chi connectivity index (χ0v) is 10.7. The maximum Gasteiger partial charge on any atom is 0.0608 e. The third-order valence-electron chi connectivity index (χ3n) is 4.09. The average molecular weight is 226 g/mol. The molecule has 0 aromatic rings. The largest absolute Gasteiger partial charge is 0.379 e. The molecule has 2 aliphatic rings. The molecule has 16 heavy (non-hydrogen) atoms. The van der Waals surface area contributed by atoms with Crippen molar-refractivity contribution < 1.29 is 4.74 Å². The average Bonchev–Trinajstić information content (AvgIpc) is 2.31. The molecule has 0 aromatic heterocycles. The van der Waals surface area contributed by atoms with Crippen LogP contribution >= 0.6 is 0 Å². The van der Waals surface area contributed by atoms with Crippen LogP contribution in [0.2, 0.25) is 0 Å². The van der Waals surface area contributed by atoms with Crippen LogP contribution in [-0.4, -0.2) is 37.4 Å². The SMILES string of the molecule is CC(C)C1CCC(NN2CCOCC2)CC1. The fourth-order valence-corrected chi connectivity index (χ4v) is 2.87. The smallest absolute Gasteiger partial charge is 0.0608 e. The van der Waals surface area contributed by atoms with E-state index in [9.17, 15) is 0 Å². The van der Waals surface area contributed by atoms with Gasteiger partial charge in [0.2, 0.25) is 0 Å². The Morgan fingerprint density at radius 2 is 1.69 bits per heavy atom. The molecule has 1 aliphatic carbocycles. The van der Waals surface area contributed by atoms with E-state index in [1.165, 1.54) is 25.7 Å². The molecule has 1 aliphatic heterocycles. The van der Waals surface area contributed by atoms with Gasteiger partial charge in [0, 0.05) is 19.1 Å². The number of hydrogen-bond donors (Lipinski definition) is 1. The van der Waals surface area contributed by atoms with Crippen LogP contribution in [-0.2, 0) is 4.74 Å². The van der Waals surface area contributed by atoms with Crippen molar-refractivity contribution in [2.45, 2.75) is 45.6 Å². The lowest BCUT2D eigenvalue weighted by atomic mass is 9.80. The van der Waals surface area contributed by atoms with Gasteiger partial charge >= 0.3 is 0 Å². The molecule has 0 atom stereocenters. The van der Waals surface area contributed by atoms with E-state index in [1.807, 2.05) is 0 Å². The van der Waals surface area contributed by atoms with Gasteiger partial charge in [-0.15, -0.1) is 0 Å². The van der Waals surface area contributed by atoms with Gasteiger partial charge in [-0.1, -0.05) is 13.8 Å². The number of hydrazine groups is 1. The van der Waals surface area contributed by atoms with Crippen molar-refractivity contribution in [3.05, 3.63) is 0 Å². The number of rotatable bonds is 3. The highest BCUT2D eigenvalue weighted by Crippen LogP contribution is 2.29. The molecular weight excluding hydrogens is 200 g/mol. The minimum Gasteiger partial charge on any atom is -0.379 e. The van der Waals surface area contributed by atoms with E-state index in [0.717, 1.165) is 38.1 Å². The molecule has 0 spiro atoms. The Morgan fingerprint density at radius 3 is 2.25 bits per heavy atom. The summed E-state index contributed by atoms with van der Waals surface area (Å²) in [5.74, 6) is 1.83. The van der Waals surface area contributed by atoms with Crippen LogP contribution in [0.15, 0.2) is 0 Å². The van der Waals surface area contributed by atoms with Crippen LogP contribution < -0.4 is 5.43 Å². The minimum absolute atomic E-state index is 0.716. The summed E-state index contributed by atoms with van der Waals surface area (Å²) in [6.45, 7) is 8.58. The summed E-state index contributed by atoms with van der Waals surface area (Å²) in [4.78, 5) is 0. The summed E-state index contributed by atoms with van der Waals surface area (Å²) in [6, 6.07) is 0.716. The molecule has 0 unspecified atom stereocenters. The lowest BCUT2D eigenvalue weighted by Crippen LogP contribution is -2.51. The Kier molecular flexibility index (Phi) is 4.62. The van der Waals surface area contributed by atoms with Gasteiger partial charge in [-0.2, -0.15) is 0 Å².